The summed E-state index contributed by atoms with van der Waals surface area (Å²) in [5.41, 5.74) is 3.99. The molecule has 6 nitrogen and oxygen atoms in total. The first-order valence-corrected chi connectivity index (χ1v) is 19.4. The van der Waals surface area contributed by atoms with Crippen molar-refractivity contribution >= 4 is 23.4 Å². The third kappa shape index (κ3) is 6.01. The maximum Gasteiger partial charge on any atom is 0.335 e. The molecule has 6 rings (SSSR count). The Morgan fingerprint density at radius 3 is 2.35 bits per heavy atom. The van der Waals surface area contributed by atoms with E-state index in [2.05, 4.69) is 59.5 Å². The van der Waals surface area contributed by atoms with Crippen LogP contribution in [0.5, 0.6) is 0 Å². The van der Waals surface area contributed by atoms with Gasteiger partial charge in [0.15, 0.2) is 0 Å². The lowest BCUT2D eigenvalue weighted by molar-refractivity contribution is -0.178. The second-order valence-electron chi connectivity index (χ2n) is 17.9. The van der Waals surface area contributed by atoms with E-state index in [9.17, 15) is 19.5 Å². The fourth-order valence-electron chi connectivity index (χ4n) is 12.0. The van der Waals surface area contributed by atoms with Gasteiger partial charge in [0.2, 0.25) is 11.8 Å². The van der Waals surface area contributed by atoms with Gasteiger partial charge in [0.25, 0.3) is 0 Å². The molecule has 1 aromatic carbocycles. The van der Waals surface area contributed by atoms with Crippen molar-refractivity contribution in [2.24, 2.45) is 51.2 Å². The van der Waals surface area contributed by atoms with Gasteiger partial charge in [-0.05, 0) is 147 Å². The van der Waals surface area contributed by atoms with Crippen molar-refractivity contribution in [2.45, 2.75) is 119 Å². The van der Waals surface area contributed by atoms with E-state index in [0.29, 0.717) is 54.7 Å². The Morgan fingerprint density at radius 1 is 0.959 bits per heavy atom. The Hall–Kier alpha value is -2.89. The molecule has 0 aromatic heterocycles. The minimum absolute atomic E-state index is 0.0566. The number of amides is 2. The molecule has 1 heterocycles. The molecule has 2 N–H and O–H groups in total. The van der Waals surface area contributed by atoms with Gasteiger partial charge in [-0.25, -0.2) is 4.79 Å². The molecule has 1 aromatic rings. The van der Waals surface area contributed by atoms with E-state index in [4.69, 9.17) is 0 Å². The number of fused-ring (bicyclic) bond motifs is 5. The first-order chi connectivity index (χ1) is 23.2. The predicted octanol–water partition coefficient (Wildman–Crippen LogP) is 9.16. The van der Waals surface area contributed by atoms with Gasteiger partial charge in [-0.2, -0.15) is 0 Å². The number of carbonyl (C=O) groups excluding carboxylic acids is 2. The van der Waals surface area contributed by atoms with Gasteiger partial charge >= 0.3 is 5.97 Å². The summed E-state index contributed by atoms with van der Waals surface area (Å²) in [6, 6.07) is 7.50. The van der Waals surface area contributed by atoms with E-state index in [1.807, 2.05) is 17.0 Å². The Morgan fingerprint density at radius 2 is 1.69 bits per heavy atom. The highest BCUT2D eigenvalue weighted by atomic mass is 16.4. The fraction of sp³-hybridized carbons (Fsp3) is 0.698. The molecule has 49 heavy (non-hydrogen) atoms. The highest BCUT2D eigenvalue weighted by Gasteiger charge is 2.67. The van der Waals surface area contributed by atoms with Crippen LogP contribution in [0.4, 0.5) is 0 Å². The van der Waals surface area contributed by atoms with Crippen molar-refractivity contribution in [3.8, 4) is 0 Å². The quantitative estimate of drug-likeness (QED) is 0.283. The maximum atomic E-state index is 14.4. The third-order valence-corrected chi connectivity index (χ3v) is 15.6. The Bertz CT molecular complexity index is 1490. The van der Waals surface area contributed by atoms with Gasteiger partial charge in [-0.15, -0.1) is 0 Å². The number of hydrogen-bond donors (Lipinski definition) is 2. The Labute approximate surface area is 295 Å². The molecule has 0 unspecified atom stereocenters. The van der Waals surface area contributed by atoms with Gasteiger partial charge < -0.3 is 15.3 Å². The fourth-order valence-corrected chi connectivity index (χ4v) is 12.0. The van der Waals surface area contributed by atoms with Gasteiger partial charge in [-0.3, -0.25) is 9.59 Å². The summed E-state index contributed by atoms with van der Waals surface area (Å²) in [5.74, 6) is 1.83. The minimum atomic E-state index is -0.884. The average molecular weight is 671 g/mol. The summed E-state index contributed by atoms with van der Waals surface area (Å²) >= 11 is 0. The average Bonchev–Trinajstić information content (AvgIpc) is 3.67. The van der Waals surface area contributed by atoms with Crippen LogP contribution in [-0.2, 0) is 9.59 Å². The van der Waals surface area contributed by atoms with Crippen LogP contribution in [0.1, 0.15) is 135 Å². The van der Waals surface area contributed by atoms with Crippen molar-refractivity contribution in [3.63, 3.8) is 0 Å². The van der Waals surface area contributed by atoms with Gasteiger partial charge in [-0.1, -0.05) is 65.0 Å². The largest absolute Gasteiger partial charge is 0.478 e. The lowest BCUT2D eigenvalue weighted by Crippen LogP contribution is -2.61. The monoisotopic (exact) mass is 670 g/mol. The third-order valence-electron chi connectivity index (χ3n) is 15.6. The number of nitrogens with zero attached hydrogens (tertiary/aromatic N) is 1. The van der Waals surface area contributed by atoms with Crippen LogP contribution in [0.3, 0.4) is 0 Å². The summed E-state index contributed by atoms with van der Waals surface area (Å²) in [5, 5.41) is 12.9. The second kappa shape index (κ2) is 13.3. The zero-order valence-corrected chi connectivity index (χ0v) is 31.2. The number of rotatable bonds is 7. The molecular weight excluding hydrogens is 608 g/mol. The highest BCUT2D eigenvalue weighted by Crippen LogP contribution is 2.72. The van der Waals surface area contributed by atoms with Crippen molar-refractivity contribution in [1.29, 1.82) is 0 Å². The van der Waals surface area contributed by atoms with Gasteiger partial charge in [0.05, 0.1) is 11.0 Å². The van der Waals surface area contributed by atoms with E-state index in [-0.39, 0.29) is 33.5 Å². The normalized spacial score (nSPS) is 38.4. The molecule has 3 saturated carbocycles. The molecule has 2 amide bonds. The number of carbonyl (C=O) groups is 3. The van der Waals surface area contributed by atoms with Crippen molar-refractivity contribution < 1.29 is 19.5 Å². The molecular formula is C43H62N2O4. The maximum absolute atomic E-state index is 14.4. The number of nitrogens with one attached hydrogen (secondary N) is 1. The number of carboxylic acid groups (broad SMARTS) is 1. The lowest BCUT2D eigenvalue weighted by Gasteiger charge is -2.66. The van der Waals surface area contributed by atoms with Crippen LogP contribution >= 0.6 is 0 Å². The minimum Gasteiger partial charge on any atom is -0.478 e. The summed E-state index contributed by atoms with van der Waals surface area (Å²) < 4.78 is 0. The van der Waals surface area contributed by atoms with E-state index < -0.39 is 5.97 Å². The molecule has 4 aliphatic carbocycles. The number of benzene rings is 1. The van der Waals surface area contributed by atoms with Crippen LogP contribution in [0, 0.1) is 51.2 Å². The van der Waals surface area contributed by atoms with Gasteiger partial charge in [0.1, 0.15) is 0 Å². The molecule has 1 aliphatic heterocycles. The molecule has 0 radical (unpaired) electrons. The van der Waals surface area contributed by atoms with Crippen molar-refractivity contribution in [3.05, 3.63) is 53.6 Å². The molecule has 268 valence electrons. The molecule has 6 heteroatoms. The molecule has 8 atom stereocenters. The van der Waals surface area contributed by atoms with E-state index >= 15 is 0 Å². The number of carboxylic acids is 1. The second-order valence-corrected chi connectivity index (χ2v) is 17.9. The smallest absolute Gasteiger partial charge is 0.335 e. The van der Waals surface area contributed by atoms with E-state index in [1.54, 1.807) is 12.1 Å². The molecule has 4 fully saturated rings. The van der Waals surface area contributed by atoms with E-state index in [0.717, 1.165) is 63.5 Å². The number of likely N-dealkylation sites (tertiary alicyclic amines) is 1. The van der Waals surface area contributed by atoms with Crippen LogP contribution in [-0.4, -0.2) is 47.4 Å². The Kier molecular flexibility index (Phi) is 9.78. The molecule has 0 spiro atoms. The van der Waals surface area contributed by atoms with Crippen LogP contribution in [0.2, 0.25) is 0 Å². The standard InChI is InChI=1S/C43H62N2O4/c1-28(2)33-20-22-43(39(49)44-25-27-45-26-9-12-36(45)46)24-23-42(7)35(37(33)43)18-17-32-10-8-11-34(30-13-15-31(16-14-30)38(47)48)40(4,5)29(3)19-21-41(32,42)6/h11,13-16,29,32-33,35,37H,1,8-10,12,17-27H2,2-7H3,(H,44,49)(H,47,48)/b34-11-/t29-,32-,33-,35+,37+,41+,42+,43-/m0/s1. The molecule has 0 bridgehead atoms. The SMILES string of the molecule is C=C(C)[C@@H]1CC[C@]2(C(=O)NCCN3CCCC3=O)CC[C@]3(C)[C@H](CC[C@@H]4CC/C=C(/c5ccc(C(=O)O)cc5)C(C)(C)[C@@H](C)CC[C@]43C)[C@@H]12. The molecule has 5 aliphatic rings. The van der Waals surface area contributed by atoms with Crippen molar-refractivity contribution in [2.75, 3.05) is 19.6 Å². The van der Waals surface area contributed by atoms with Crippen LogP contribution < -0.4 is 5.32 Å². The first-order valence-electron chi connectivity index (χ1n) is 19.4. The summed E-state index contributed by atoms with van der Waals surface area (Å²) in [4.78, 5) is 40.1. The summed E-state index contributed by atoms with van der Waals surface area (Å²) in [7, 11) is 0. The zero-order valence-electron chi connectivity index (χ0n) is 31.2. The topological polar surface area (TPSA) is 86.7 Å². The van der Waals surface area contributed by atoms with Crippen LogP contribution in [0.15, 0.2) is 42.5 Å². The predicted molar refractivity (Wildman–Crippen MR) is 197 cm³/mol. The zero-order chi connectivity index (χ0) is 35.4. The highest BCUT2D eigenvalue weighted by molar-refractivity contribution is 5.88. The van der Waals surface area contributed by atoms with Crippen LogP contribution in [0.25, 0.3) is 5.57 Å². The lowest BCUT2D eigenvalue weighted by atomic mass is 9.38. The van der Waals surface area contributed by atoms with E-state index in [1.165, 1.54) is 30.4 Å². The Balaban J connectivity index is 1.27. The van der Waals surface area contributed by atoms with Gasteiger partial charge in [0, 0.05) is 26.1 Å². The van der Waals surface area contributed by atoms with Crippen molar-refractivity contribution in [1.82, 2.24) is 10.2 Å². The first kappa shape index (κ1) is 35.9. The summed E-state index contributed by atoms with van der Waals surface area (Å²) in [6.45, 7) is 21.1. The molecule has 1 saturated heterocycles. The number of aromatic carboxylic acids is 1. The summed E-state index contributed by atoms with van der Waals surface area (Å²) in [6.07, 6.45) is 15.0. The number of hydrogen-bond acceptors (Lipinski definition) is 3. The number of allylic oxidation sites excluding steroid dienone is 3.